The van der Waals surface area contributed by atoms with Crippen molar-refractivity contribution in [2.45, 2.75) is 0 Å². The minimum atomic E-state index is -0.659. The molecule has 0 amide bonds. The minimum absolute atomic E-state index is 0.0983. The molecule has 0 atom stereocenters. The van der Waals surface area contributed by atoms with Gasteiger partial charge in [0.05, 0.1) is 0 Å². The van der Waals surface area contributed by atoms with Gasteiger partial charge in [0.15, 0.2) is 12.4 Å². The number of carbonyl (C=O) groups is 1. The highest BCUT2D eigenvalue weighted by molar-refractivity contribution is 9.10. The van der Waals surface area contributed by atoms with Crippen LogP contribution in [0.25, 0.3) is 0 Å². The molecule has 2 aromatic carbocycles. The Morgan fingerprint density at radius 3 is 2.64 bits per heavy atom. The van der Waals surface area contributed by atoms with Gasteiger partial charge in [-0.15, -0.1) is 0 Å². The number of hydrogen-bond acceptors (Lipinski definition) is 4. The molecule has 22 heavy (non-hydrogen) atoms. The first-order chi connectivity index (χ1) is 10.5. The van der Waals surface area contributed by atoms with Crippen LogP contribution in [0.2, 0.25) is 5.02 Å². The van der Waals surface area contributed by atoms with Crippen molar-refractivity contribution in [2.24, 2.45) is 10.9 Å². The summed E-state index contributed by atoms with van der Waals surface area (Å²) >= 11 is 9.06. The van der Waals surface area contributed by atoms with Crippen LogP contribution in [0.4, 0.5) is 0 Å². The lowest BCUT2D eigenvalue weighted by Crippen LogP contribution is -2.18. The van der Waals surface area contributed by atoms with Gasteiger partial charge in [0.1, 0.15) is 5.75 Å². The van der Waals surface area contributed by atoms with Gasteiger partial charge in [-0.1, -0.05) is 44.8 Å². The Labute approximate surface area is 140 Å². The van der Waals surface area contributed by atoms with E-state index in [0.29, 0.717) is 16.3 Å². The number of nitrogens with zero attached hydrogens (tertiary/aromatic N) is 1. The molecule has 5 nitrogen and oxygen atoms in total. The van der Waals surface area contributed by atoms with Crippen LogP contribution >= 0.6 is 27.5 Å². The number of halogens is 2. The van der Waals surface area contributed by atoms with E-state index in [4.69, 9.17) is 26.9 Å². The van der Waals surface area contributed by atoms with Gasteiger partial charge < -0.3 is 15.3 Å². The van der Waals surface area contributed by atoms with E-state index in [9.17, 15) is 4.79 Å². The SMILES string of the molecule is NC(=NOC(=O)COc1ccc(Cl)cc1)c1cccc(Br)c1. The Hall–Kier alpha value is -2.05. The quantitative estimate of drug-likeness (QED) is 0.372. The van der Waals surface area contributed by atoms with E-state index in [1.807, 2.05) is 6.07 Å². The summed E-state index contributed by atoms with van der Waals surface area (Å²) in [5.74, 6) is -0.0562. The molecule has 0 aromatic heterocycles. The van der Waals surface area contributed by atoms with Crippen LogP contribution < -0.4 is 10.5 Å². The predicted octanol–water partition coefficient (Wildman–Crippen LogP) is 3.35. The van der Waals surface area contributed by atoms with Crippen LogP contribution in [0.1, 0.15) is 5.56 Å². The first kappa shape index (κ1) is 16.3. The van der Waals surface area contributed by atoms with Gasteiger partial charge in [0, 0.05) is 15.1 Å². The number of oxime groups is 1. The van der Waals surface area contributed by atoms with E-state index in [1.54, 1.807) is 42.5 Å². The van der Waals surface area contributed by atoms with Gasteiger partial charge >= 0.3 is 5.97 Å². The van der Waals surface area contributed by atoms with E-state index in [2.05, 4.69) is 21.1 Å². The zero-order valence-corrected chi connectivity index (χ0v) is 13.7. The molecule has 0 bridgehead atoms. The standard InChI is InChI=1S/C15H12BrClN2O3/c16-11-3-1-2-10(8-11)15(18)19-22-14(20)9-21-13-6-4-12(17)5-7-13/h1-8H,9H2,(H2,18,19). The van der Waals surface area contributed by atoms with E-state index < -0.39 is 5.97 Å². The molecule has 7 heteroatoms. The third kappa shape index (κ3) is 5.05. The Balaban J connectivity index is 1.86. The van der Waals surface area contributed by atoms with E-state index >= 15 is 0 Å². The van der Waals surface area contributed by atoms with Crippen molar-refractivity contribution in [3.05, 3.63) is 63.6 Å². The second-order valence-corrected chi connectivity index (χ2v) is 5.54. The summed E-state index contributed by atoms with van der Waals surface area (Å²) < 4.78 is 6.08. The van der Waals surface area contributed by atoms with E-state index in [0.717, 1.165) is 4.47 Å². The molecule has 2 aromatic rings. The van der Waals surface area contributed by atoms with Crippen molar-refractivity contribution in [2.75, 3.05) is 6.61 Å². The average Bonchev–Trinajstić information content (AvgIpc) is 2.52. The van der Waals surface area contributed by atoms with Crippen LogP contribution in [0, 0.1) is 0 Å². The molecular weight excluding hydrogens is 372 g/mol. The van der Waals surface area contributed by atoms with Gasteiger partial charge in [0.2, 0.25) is 0 Å². The fraction of sp³-hybridized carbons (Fsp3) is 0.0667. The Morgan fingerprint density at radius 2 is 1.95 bits per heavy atom. The number of ether oxygens (including phenoxy) is 1. The van der Waals surface area contributed by atoms with E-state index in [-0.39, 0.29) is 12.4 Å². The lowest BCUT2D eigenvalue weighted by Gasteiger charge is -2.04. The van der Waals surface area contributed by atoms with Crippen LogP contribution in [0.3, 0.4) is 0 Å². The summed E-state index contributed by atoms with van der Waals surface area (Å²) in [6.07, 6.45) is 0. The lowest BCUT2D eigenvalue weighted by atomic mass is 10.2. The molecule has 0 aliphatic heterocycles. The molecule has 0 saturated carbocycles. The highest BCUT2D eigenvalue weighted by Gasteiger charge is 2.06. The second kappa shape index (κ2) is 7.82. The number of hydrogen-bond donors (Lipinski definition) is 1. The molecule has 0 unspecified atom stereocenters. The van der Waals surface area contributed by atoms with E-state index in [1.165, 1.54) is 0 Å². The highest BCUT2D eigenvalue weighted by Crippen LogP contribution is 2.15. The van der Waals surface area contributed by atoms with Gasteiger partial charge in [-0.05, 0) is 36.4 Å². The summed E-state index contributed by atoms with van der Waals surface area (Å²) in [5, 5.41) is 4.17. The van der Waals surface area contributed by atoms with Crippen LogP contribution in [-0.4, -0.2) is 18.4 Å². The van der Waals surface area contributed by atoms with Crippen molar-refractivity contribution >= 4 is 39.3 Å². The Morgan fingerprint density at radius 1 is 1.23 bits per heavy atom. The van der Waals surface area contributed by atoms with Crippen molar-refractivity contribution in [3.8, 4) is 5.75 Å². The number of carbonyl (C=O) groups excluding carboxylic acids is 1. The van der Waals surface area contributed by atoms with Gasteiger partial charge in [-0.2, -0.15) is 0 Å². The first-order valence-electron chi connectivity index (χ1n) is 6.22. The largest absolute Gasteiger partial charge is 0.482 e. The molecular formula is C15H12BrClN2O3. The number of nitrogens with two attached hydrogens (primary N) is 1. The number of benzene rings is 2. The molecule has 0 fully saturated rings. The van der Waals surface area contributed by atoms with Crippen molar-refractivity contribution in [1.82, 2.24) is 0 Å². The maximum atomic E-state index is 11.5. The van der Waals surface area contributed by atoms with Crippen molar-refractivity contribution in [3.63, 3.8) is 0 Å². The smallest absolute Gasteiger partial charge is 0.372 e. The molecule has 0 saturated heterocycles. The van der Waals surface area contributed by atoms with Crippen molar-refractivity contribution in [1.29, 1.82) is 0 Å². The average molecular weight is 384 g/mol. The zero-order chi connectivity index (χ0) is 15.9. The summed E-state index contributed by atoms with van der Waals surface area (Å²) in [5.41, 5.74) is 6.37. The number of amidine groups is 1. The minimum Gasteiger partial charge on any atom is -0.482 e. The van der Waals surface area contributed by atoms with Crippen LogP contribution in [-0.2, 0) is 9.63 Å². The fourth-order valence-corrected chi connectivity index (χ4v) is 2.03. The molecule has 0 aliphatic rings. The van der Waals surface area contributed by atoms with Gasteiger partial charge in [-0.25, -0.2) is 4.79 Å². The van der Waals surface area contributed by atoms with Gasteiger partial charge in [-0.3, -0.25) is 0 Å². The number of rotatable bonds is 5. The molecule has 0 radical (unpaired) electrons. The monoisotopic (exact) mass is 382 g/mol. The third-order valence-corrected chi connectivity index (χ3v) is 3.28. The van der Waals surface area contributed by atoms with Gasteiger partial charge in [0.25, 0.3) is 0 Å². The Kier molecular flexibility index (Phi) is 5.80. The predicted molar refractivity (Wildman–Crippen MR) is 87.9 cm³/mol. The lowest BCUT2D eigenvalue weighted by molar-refractivity contribution is -0.146. The molecule has 0 aliphatic carbocycles. The Bertz CT molecular complexity index is 689. The fourth-order valence-electron chi connectivity index (χ4n) is 1.50. The van der Waals surface area contributed by atoms with Crippen LogP contribution in [0.15, 0.2) is 58.2 Å². The normalized spacial score (nSPS) is 11.1. The second-order valence-electron chi connectivity index (χ2n) is 4.19. The highest BCUT2D eigenvalue weighted by atomic mass is 79.9. The summed E-state index contributed by atoms with van der Waals surface area (Å²) in [4.78, 5) is 16.2. The van der Waals surface area contributed by atoms with Crippen molar-refractivity contribution < 1.29 is 14.4 Å². The zero-order valence-electron chi connectivity index (χ0n) is 11.3. The molecule has 2 rings (SSSR count). The summed E-state index contributed by atoms with van der Waals surface area (Å²) in [7, 11) is 0. The third-order valence-electron chi connectivity index (χ3n) is 2.54. The first-order valence-corrected chi connectivity index (χ1v) is 7.39. The topological polar surface area (TPSA) is 73.9 Å². The summed E-state index contributed by atoms with van der Waals surface area (Å²) in [6.45, 7) is -0.281. The molecule has 114 valence electrons. The summed E-state index contributed by atoms with van der Waals surface area (Å²) in [6, 6.07) is 13.8. The maximum Gasteiger partial charge on any atom is 0.372 e. The molecule has 0 spiro atoms. The maximum absolute atomic E-state index is 11.5. The molecule has 2 N–H and O–H groups in total. The molecule has 0 heterocycles. The van der Waals surface area contributed by atoms with Crippen LogP contribution in [0.5, 0.6) is 5.75 Å².